The van der Waals surface area contributed by atoms with Crippen molar-refractivity contribution in [3.63, 3.8) is 0 Å². The first-order valence-electron chi connectivity index (χ1n) is 11.9. The molecule has 2 amide bonds. The van der Waals surface area contributed by atoms with E-state index in [4.69, 9.17) is 4.74 Å². The number of carbonyl (C=O) groups excluding carboxylic acids is 1. The average molecular weight is 497 g/mol. The number of alkyl halides is 3. The van der Waals surface area contributed by atoms with Gasteiger partial charge in [0.15, 0.2) is 0 Å². The quantitative estimate of drug-likeness (QED) is 0.503. The lowest BCUT2D eigenvalue weighted by molar-refractivity contribution is -0.138. The van der Waals surface area contributed by atoms with Gasteiger partial charge in [0, 0.05) is 55.2 Å². The Bertz CT molecular complexity index is 979. The minimum Gasteiger partial charge on any atom is -0.381 e. The Balaban J connectivity index is 1.50. The summed E-state index contributed by atoms with van der Waals surface area (Å²) in [4.78, 5) is 14.1. The Labute approximate surface area is 202 Å². The number of urea groups is 1. The number of rotatable bonds is 6. The summed E-state index contributed by atoms with van der Waals surface area (Å²) in [6.45, 7) is 1.45. The monoisotopic (exact) mass is 496 g/mol. The highest BCUT2D eigenvalue weighted by Gasteiger charge is 2.45. The topological polar surface area (TPSA) is 65.6 Å². The molecule has 1 fully saturated rings. The van der Waals surface area contributed by atoms with Crippen molar-refractivity contribution in [2.75, 3.05) is 39.0 Å². The van der Waals surface area contributed by atoms with Crippen molar-refractivity contribution in [3.8, 4) is 0 Å². The van der Waals surface area contributed by atoms with Crippen molar-refractivity contribution in [2.45, 2.75) is 43.7 Å². The molecular formula is C25H32F4N4O2. The third kappa shape index (κ3) is 6.16. The van der Waals surface area contributed by atoms with Crippen LogP contribution in [-0.2, 0) is 10.9 Å². The summed E-state index contributed by atoms with van der Waals surface area (Å²) in [5, 5.41) is 8.96. The molecule has 4 rings (SSSR count). The maximum absolute atomic E-state index is 14.0. The molecule has 0 aromatic heterocycles. The van der Waals surface area contributed by atoms with Crippen molar-refractivity contribution >= 4 is 11.7 Å². The fourth-order valence-corrected chi connectivity index (χ4v) is 5.12. The van der Waals surface area contributed by atoms with E-state index in [1.165, 1.54) is 12.1 Å². The van der Waals surface area contributed by atoms with Gasteiger partial charge in [-0.3, -0.25) is 0 Å². The number of fused-ring (bicyclic) bond motifs is 3. The molecule has 1 aromatic carbocycles. The number of carbonyl (C=O) groups is 1. The van der Waals surface area contributed by atoms with Gasteiger partial charge in [0.25, 0.3) is 0 Å². The summed E-state index contributed by atoms with van der Waals surface area (Å²) in [6.07, 6.45) is 1.24. The first-order chi connectivity index (χ1) is 16.6. The lowest BCUT2D eigenvalue weighted by Gasteiger charge is -2.47. The largest absolute Gasteiger partial charge is 0.416 e. The van der Waals surface area contributed by atoms with Crippen LogP contribution in [0, 0.1) is 11.8 Å². The van der Waals surface area contributed by atoms with Gasteiger partial charge in [-0.1, -0.05) is 12.2 Å². The maximum Gasteiger partial charge on any atom is 0.416 e. The van der Waals surface area contributed by atoms with E-state index in [1.807, 2.05) is 25.1 Å². The van der Waals surface area contributed by atoms with Crippen LogP contribution in [-0.4, -0.2) is 56.8 Å². The summed E-state index contributed by atoms with van der Waals surface area (Å²) in [5.74, 6) is -0.478. The predicted molar refractivity (Wildman–Crippen MR) is 126 cm³/mol. The van der Waals surface area contributed by atoms with E-state index >= 15 is 0 Å². The standard InChI is InChI=1S/C25H32F4N4O2/c1-33(2)11-10-30-24(34)31-14-18-7-8-19-22(15-4-3-5-17(26)12-15)32-21-9-6-16(25(27,28)29)13-20(21)23(19)35-18/h3-6,9,13,15,18-19,22-23,32H,7-8,10-12,14H2,1-2H3,(H2,30,31,34)/t15?,18-,19+,22+,23+/m1/s1. The number of likely N-dealkylation sites (N-methyl/N-ethyl adjacent to an activating group) is 1. The number of amides is 2. The van der Waals surface area contributed by atoms with Crippen LogP contribution in [0.5, 0.6) is 0 Å². The van der Waals surface area contributed by atoms with Crippen LogP contribution < -0.4 is 16.0 Å². The number of hydrogen-bond acceptors (Lipinski definition) is 4. The second-order valence-corrected chi connectivity index (χ2v) is 9.70. The van der Waals surface area contributed by atoms with Crippen LogP contribution >= 0.6 is 0 Å². The first-order valence-corrected chi connectivity index (χ1v) is 11.9. The van der Waals surface area contributed by atoms with Crippen LogP contribution in [0.2, 0.25) is 0 Å². The SMILES string of the molecule is CN(C)CCNC(=O)NC[C@H]1CC[C@@H]2[C@H](O1)c1cc(C(F)(F)F)ccc1N[C@H]2C1C=CC=C(F)C1. The molecule has 0 radical (unpaired) electrons. The van der Waals surface area contributed by atoms with E-state index < -0.39 is 17.8 Å². The van der Waals surface area contributed by atoms with Crippen LogP contribution in [0.3, 0.4) is 0 Å². The number of halogens is 4. The molecule has 5 atom stereocenters. The molecule has 3 N–H and O–H groups in total. The maximum atomic E-state index is 14.0. The lowest BCUT2D eigenvalue weighted by Crippen LogP contribution is -2.49. The van der Waals surface area contributed by atoms with Crippen molar-refractivity contribution in [2.24, 2.45) is 11.8 Å². The molecule has 3 aliphatic rings. The third-order valence-electron chi connectivity index (χ3n) is 6.88. The van der Waals surface area contributed by atoms with Gasteiger partial charge in [-0.25, -0.2) is 9.18 Å². The Morgan fingerprint density at radius 1 is 1.23 bits per heavy atom. The van der Waals surface area contributed by atoms with Gasteiger partial charge in [-0.15, -0.1) is 0 Å². The first kappa shape index (κ1) is 25.5. The molecule has 1 aliphatic carbocycles. The van der Waals surface area contributed by atoms with Crippen LogP contribution in [0.15, 0.2) is 42.3 Å². The Morgan fingerprint density at radius 3 is 2.74 bits per heavy atom. The van der Waals surface area contributed by atoms with E-state index in [2.05, 4.69) is 16.0 Å². The molecule has 35 heavy (non-hydrogen) atoms. The molecule has 192 valence electrons. The molecule has 1 saturated heterocycles. The predicted octanol–water partition coefficient (Wildman–Crippen LogP) is 4.63. The Hall–Kier alpha value is -2.59. The van der Waals surface area contributed by atoms with Crippen molar-refractivity contribution in [1.29, 1.82) is 0 Å². The summed E-state index contributed by atoms with van der Waals surface area (Å²) < 4.78 is 60.7. The number of hydrogen-bond donors (Lipinski definition) is 3. The highest BCUT2D eigenvalue weighted by Crippen LogP contribution is 2.49. The zero-order chi connectivity index (χ0) is 25.2. The molecule has 0 saturated carbocycles. The number of nitrogens with zero attached hydrogens (tertiary/aromatic N) is 1. The fraction of sp³-hybridized carbons (Fsp3) is 0.560. The molecule has 0 spiro atoms. The van der Waals surface area contributed by atoms with E-state index in [-0.39, 0.29) is 48.8 Å². The Morgan fingerprint density at radius 2 is 2.03 bits per heavy atom. The number of anilines is 1. The summed E-state index contributed by atoms with van der Waals surface area (Å²) in [6, 6.07) is 3.15. The van der Waals surface area contributed by atoms with E-state index in [0.717, 1.165) is 12.1 Å². The molecule has 1 unspecified atom stereocenters. The fourth-order valence-electron chi connectivity index (χ4n) is 5.12. The third-order valence-corrected chi connectivity index (χ3v) is 6.88. The van der Waals surface area contributed by atoms with E-state index in [9.17, 15) is 22.4 Å². The van der Waals surface area contributed by atoms with Crippen molar-refractivity contribution < 1.29 is 27.1 Å². The lowest BCUT2D eigenvalue weighted by atomic mass is 9.72. The van der Waals surface area contributed by atoms with Gasteiger partial charge in [0.2, 0.25) is 0 Å². The molecule has 10 heteroatoms. The molecule has 6 nitrogen and oxygen atoms in total. The number of nitrogens with one attached hydrogen (secondary N) is 3. The highest BCUT2D eigenvalue weighted by molar-refractivity contribution is 5.73. The molecular weight excluding hydrogens is 464 g/mol. The van der Waals surface area contributed by atoms with Gasteiger partial charge in [0.05, 0.1) is 17.8 Å². The molecule has 1 aromatic rings. The minimum atomic E-state index is -4.47. The highest BCUT2D eigenvalue weighted by atomic mass is 19.4. The van der Waals surface area contributed by atoms with Crippen molar-refractivity contribution in [1.82, 2.24) is 15.5 Å². The summed E-state index contributed by atoms with van der Waals surface area (Å²) in [5.41, 5.74) is 0.297. The molecule has 2 heterocycles. The smallest absolute Gasteiger partial charge is 0.381 e. The van der Waals surface area contributed by atoms with E-state index in [0.29, 0.717) is 37.2 Å². The normalized spacial score (nSPS) is 28.0. The number of allylic oxidation sites excluding steroid dienone is 3. The number of ether oxygens (including phenoxy) is 1. The van der Waals surface area contributed by atoms with Gasteiger partial charge in [-0.05, 0) is 51.2 Å². The zero-order valence-electron chi connectivity index (χ0n) is 19.9. The van der Waals surface area contributed by atoms with Crippen LogP contribution in [0.4, 0.5) is 28.0 Å². The van der Waals surface area contributed by atoms with Gasteiger partial charge >= 0.3 is 12.2 Å². The zero-order valence-corrected chi connectivity index (χ0v) is 19.9. The number of benzene rings is 1. The van der Waals surface area contributed by atoms with Crippen molar-refractivity contribution in [3.05, 3.63) is 53.4 Å². The Kier molecular flexibility index (Phi) is 7.70. The molecule has 2 aliphatic heterocycles. The van der Waals surface area contributed by atoms with Gasteiger partial charge in [-0.2, -0.15) is 13.2 Å². The van der Waals surface area contributed by atoms with E-state index in [1.54, 1.807) is 6.08 Å². The minimum absolute atomic E-state index is 0.128. The van der Waals surface area contributed by atoms with Gasteiger partial charge < -0.3 is 25.6 Å². The van der Waals surface area contributed by atoms with Crippen LogP contribution in [0.1, 0.15) is 36.5 Å². The average Bonchev–Trinajstić information content (AvgIpc) is 2.81. The van der Waals surface area contributed by atoms with Crippen LogP contribution in [0.25, 0.3) is 0 Å². The second kappa shape index (κ2) is 10.6. The summed E-state index contributed by atoms with van der Waals surface area (Å²) >= 11 is 0. The summed E-state index contributed by atoms with van der Waals surface area (Å²) in [7, 11) is 3.82. The van der Waals surface area contributed by atoms with Gasteiger partial charge in [0.1, 0.15) is 5.83 Å². The molecule has 0 bridgehead atoms. The second-order valence-electron chi connectivity index (χ2n) is 9.70.